The van der Waals surface area contributed by atoms with Crippen molar-refractivity contribution in [2.75, 3.05) is 13.6 Å². The fraction of sp³-hybridized carbons (Fsp3) is 0.316. The van der Waals surface area contributed by atoms with Crippen molar-refractivity contribution in [2.24, 2.45) is 4.99 Å². The fourth-order valence-electron chi connectivity index (χ4n) is 2.26. The molecule has 0 saturated heterocycles. The van der Waals surface area contributed by atoms with Gasteiger partial charge in [0.05, 0.1) is 17.0 Å². The maximum atomic E-state index is 13.2. The molecule has 0 heterocycles. The van der Waals surface area contributed by atoms with Gasteiger partial charge in [0.25, 0.3) is 0 Å². The summed E-state index contributed by atoms with van der Waals surface area (Å²) in [7, 11) is 2.00. The highest BCUT2D eigenvalue weighted by Gasteiger charge is 2.08. The summed E-state index contributed by atoms with van der Waals surface area (Å²) in [5.41, 5.74) is 2.86. The van der Waals surface area contributed by atoms with Crippen LogP contribution in [0.4, 0.5) is 10.1 Å². The van der Waals surface area contributed by atoms with Crippen LogP contribution < -0.4 is 4.74 Å². The van der Waals surface area contributed by atoms with Crippen molar-refractivity contribution >= 4 is 23.6 Å². The summed E-state index contributed by atoms with van der Waals surface area (Å²) in [6, 6.07) is 8.23. The molecule has 0 spiro atoms. The number of aliphatic imine (C=N–C) groups is 1. The maximum Gasteiger partial charge on any atom is 0.142 e. The van der Waals surface area contributed by atoms with Crippen LogP contribution in [0.25, 0.3) is 0 Å². The molecular weight excluding hydrogens is 327 g/mol. The molecule has 0 aliphatic carbocycles. The highest BCUT2D eigenvalue weighted by Crippen LogP contribution is 2.32. The minimum absolute atomic E-state index is 0.0436. The largest absolute Gasteiger partial charge is 0.457 e. The quantitative estimate of drug-likeness (QED) is 0.480. The molecule has 0 aliphatic rings. The van der Waals surface area contributed by atoms with Crippen molar-refractivity contribution in [1.29, 1.82) is 0 Å². The van der Waals surface area contributed by atoms with E-state index in [2.05, 4.69) is 16.8 Å². The molecule has 5 heteroatoms. The number of halogens is 2. The minimum atomic E-state index is -0.460. The Morgan fingerprint density at radius 2 is 1.96 bits per heavy atom. The lowest BCUT2D eigenvalue weighted by atomic mass is 10.1. The fourth-order valence-corrected chi connectivity index (χ4v) is 2.43. The lowest BCUT2D eigenvalue weighted by molar-refractivity contribution is 0.476. The topological polar surface area (TPSA) is 24.8 Å². The van der Waals surface area contributed by atoms with E-state index in [0.717, 1.165) is 29.8 Å². The van der Waals surface area contributed by atoms with Crippen molar-refractivity contribution in [3.05, 3.63) is 52.3 Å². The summed E-state index contributed by atoms with van der Waals surface area (Å²) in [6.45, 7) is 7.03. The Kier molecular flexibility index (Phi) is 6.21. The van der Waals surface area contributed by atoms with Crippen LogP contribution in [0, 0.1) is 19.7 Å². The molecule has 24 heavy (non-hydrogen) atoms. The first-order valence-corrected chi connectivity index (χ1v) is 8.27. The average Bonchev–Trinajstić information content (AvgIpc) is 2.53. The molecule has 0 fully saturated rings. The summed E-state index contributed by atoms with van der Waals surface area (Å²) >= 11 is 5.79. The average molecular weight is 349 g/mol. The molecule has 0 aliphatic heterocycles. The molecule has 0 amide bonds. The van der Waals surface area contributed by atoms with Crippen LogP contribution in [0.5, 0.6) is 11.5 Å². The zero-order valence-electron chi connectivity index (χ0n) is 14.4. The summed E-state index contributed by atoms with van der Waals surface area (Å²) in [5, 5.41) is 0.0436. The third-order valence-corrected chi connectivity index (χ3v) is 3.87. The highest BCUT2D eigenvalue weighted by atomic mass is 35.5. The number of hydrogen-bond acceptors (Lipinski definition) is 2. The van der Waals surface area contributed by atoms with Gasteiger partial charge in [-0.05, 0) is 55.7 Å². The van der Waals surface area contributed by atoms with Crippen LogP contribution in [-0.2, 0) is 0 Å². The SMILES string of the molecule is CCCN(C)C=Nc1cc(C)c(Oc2ccc(F)c(Cl)c2)cc1C. The van der Waals surface area contributed by atoms with E-state index in [-0.39, 0.29) is 5.02 Å². The zero-order valence-corrected chi connectivity index (χ0v) is 15.2. The van der Waals surface area contributed by atoms with Gasteiger partial charge in [0, 0.05) is 19.7 Å². The predicted molar refractivity (Wildman–Crippen MR) is 98.5 cm³/mol. The molecule has 0 unspecified atom stereocenters. The predicted octanol–water partition coefficient (Wildman–Crippen LogP) is 5.89. The smallest absolute Gasteiger partial charge is 0.142 e. The first kappa shape index (κ1) is 18.3. The molecule has 0 N–H and O–H groups in total. The van der Waals surface area contributed by atoms with Crippen LogP contribution in [0.2, 0.25) is 5.02 Å². The molecular formula is C19H22ClFN2O. The number of aryl methyl sites for hydroxylation is 2. The van der Waals surface area contributed by atoms with Gasteiger partial charge in [0.15, 0.2) is 0 Å². The molecule has 3 nitrogen and oxygen atoms in total. The molecule has 2 aromatic carbocycles. The van der Waals surface area contributed by atoms with E-state index in [4.69, 9.17) is 16.3 Å². The third kappa shape index (κ3) is 4.71. The van der Waals surface area contributed by atoms with Gasteiger partial charge in [-0.15, -0.1) is 0 Å². The first-order valence-electron chi connectivity index (χ1n) is 7.89. The Hall–Kier alpha value is -2.07. The Morgan fingerprint density at radius 3 is 2.62 bits per heavy atom. The van der Waals surface area contributed by atoms with Crippen LogP contribution in [0.3, 0.4) is 0 Å². The third-order valence-electron chi connectivity index (χ3n) is 3.58. The summed E-state index contributed by atoms with van der Waals surface area (Å²) < 4.78 is 19.1. The highest BCUT2D eigenvalue weighted by molar-refractivity contribution is 6.30. The van der Waals surface area contributed by atoms with E-state index >= 15 is 0 Å². The van der Waals surface area contributed by atoms with Crippen molar-refractivity contribution in [2.45, 2.75) is 27.2 Å². The van der Waals surface area contributed by atoms with E-state index in [1.54, 1.807) is 6.07 Å². The second-order valence-electron chi connectivity index (χ2n) is 5.81. The Morgan fingerprint density at radius 1 is 1.21 bits per heavy atom. The van der Waals surface area contributed by atoms with E-state index in [1.165, 1.54) is 12.1 Å². The summed E-state index contributed by atoms with van der Waals surface area (Å²) in [5.74, 6) is 0.747. The standard InChI is InChI=1S/C19H22ClFN2O/c1-5-8-23(4)12-22-18-9-14(3)19(10-13(18)2)24-15-6-7-17(21)16(20)11-15/h6-7,9-12H,5,8H2,1-4H3. The molecule has 0 radical (unpaired) electrons. The first-order chi connectivity index (χ1) is 11.4. The number of rotatable bonds is 6. The monoisotopic (exact) mass is 348 g/mol. The van der Waals surface area contributed by atoms with Gasteiger partial charge in [0.1, 0.15) is 17.3 Å². The van der Waals surface area contributed by atoms with E-state index in [0.29, 0.717) is 11.5 Å². The second-order valence-corrected chi connectivity index (χ2v) is 6.21. The van der Waals surface area contributed by atoms with Crippen LogP contribution in [0.1, 0.15) is 24.5 Å². The Bertz CT molecular complexity index is 746. The van der Waals surface area contributed by atoms with Crippen molar-refractivity contribution in [1.82, 2.24) is 4.90 Å². The summed E-state index contributed by atoms with van der Waals surface area (Å²) in [4.78, 5) is 6.59. The lowest BCUT2D eigenvalue weighted by Gasteiger charge is -2.13. The van der Waals surface area contributed by atoms with Gasteiger partial charge in [-0.3, -0.25) is 0 Å². The number of nitrogens with zero attached hydrogens (tertiary/aromatic N) is 2. The summed E-state index contributed by atoms with van der Waals surface area (Å²) in [6.07, 6.45) is 2.92. The molecule has 0 atom stereocenters. The van der Waals surface area contributed by atoms with E-state index in [1.807, 2.05) is 39.4 Å². The van der Waals surface area contributed by atoms with Crippen molar-refractivity contribution < 1.29 is 9.13 Å². The number of benzene rings is 2. The van der Waals surface area contributed by atoms with Gasteiger partial charge < -0.3 is 9.64 Å². The van der Waals surface area contributed by atoms with Gasteiger partial charge in [-0.25, -0.2) is 9.38 Å². The lowest BCUT2D eigenvalue weighted by Crippen LogP contribution is -2.16. The molecule has 2 aromatic rings. The van der Waals surface area contributed by atoms with E-state index < -0.39 is 5.82 Å². The van der Waals surface area contributed by atoms with Gasteiger partial charge in [-0.1, -0.05) is 18.5 Å². The molecule has 0 bridgehead atoms. The van der Waals surface area contributed by atoms with Crippen molar-refractivity contribution in [3.63, 3.8) is 0 Å². The second kappa shape index (κ2) is 8.15. The normalized spacial score (nSPS) is 11.1. The van der Waals surface area contributed by atoms with Crippen LogP contribution in [-0.4, -0.2) is 24.8 Å². The van der Waals surface area contributed by atoms with Gasteiger partial charge >= 0.3 is 0 Å². The van der Waals surface area contributed by atoms with Crippen LogP contribution >= 0.6 is 11.6 Å². The number of ether oxygens (including phenoxy) is 1. The van der Waals surface area contributed by atoms with Crippen molar-refractivity contribution in [3.8, 4) is 11.5 Å². The Labute approximate surface area is 147 Å². The Balaban J connectivity index is 2.21. The molecule has 0 saturated carbocycles. The van der Waals surface area contributed by atoms with Gasteiger partial charge in [0.2, 0.25) is 0 Å². The number of hydrogen-bond donors (Lipinski definition) is 0. The molecule has 0 aromatic heterocycles. The van der Waals surface area contributed by atoms with Gasteiger partial charge in [-0.2, -0.15) is 0 Å². The zero-order chi connectivity index (χ0) is 17.7. The van der Waals surface area contributed by atoms with E-state index in [9.17, 15) is 4.39 Å². The minimum Gasteiger partial charge on any atom is -0.457 e. The molecule has 2 rings (SSSR count). The maximum absolute atomic E-state index is 13.2. The molecule has 128 valence electrons. The van der Waals surface area contributed by atoms with Crippen LogP contribution in [0.15, 0.2) is 35.3 Å².